The molecule has 0 aromatic rings. The summed E-state index contributed by atoms with van der Waals surface area (Å²) in [4.78, 5) is 2.25. The van der Waals surface area contributed by atoms with E-state index in [1.54, 1.807) is 0 Å². The van der Waals surface area contributed by atoms with Gasteiger partial charge in [0.2, 0.25) is 0 Å². The predicted octanol–water partition coefficient (Wildman–Crippen LogP) is 3.36. The second-order valence-electron chi connectivity index (χ2n) is 3.36. The summed E-state index contributed by atoms with van der Waals surface area (Å²) >= 11 is 0. The molecule has 1 radical (unpaired) electrons. The van der Waals surface area contributed by atoms with Gasteiger partial charge in [-0.15, -0.1) is 0 Å². The predicted molar refractivity (Wildman–Crippen MR) is 58.3 cm³/mol. The van der Waals surface area contributed by atoms with E-state index in [-0.39, 0.29) is 0 Å². The number of rotatable bonds is 5. The molecule has 0 rings (SSSR count). The van der Waals surface area contributed by atoms with Crippen LogP contribution in [0.3, 0.4) is 0 Å². The maximum atomic E-state index is 3.49. The first-order valence-corrected chi connectivity index (χ1v) is 5.12. The maximum absolute atomic E-state index is 3.49. The highest BCUT2D eigenvalue weighted by atomic mass is 15.0. The molecule has 0 saturated heterocycles. The molecule has 0 aliphatic heterocycles. The Balaban J connectivity index is 0. The lowest BCUT2D eigenvalue weighted by Gasteiger charge is -2.07. The van der Waals surface area contributed by atoms with E-state index in [1.807, 2.05) is 6.92 Å². The molecule has 0 aromatic heterocycles. The Bertz CT molecular complexity index is 60.0. The third-order valence-electron chi connectivity index (χ3n) is 1.46. The number of nitrogens with zero attached hydrogens (tertiary/aromatic N) is 1. The molecule has 0 aliphatic carbocycles. The van der Waals surface area contributed by atoms with Gasteiger partial charge in [0.05, 0.1) is 0 Å². The molecule has 0 heterocycles. The van der Waals surface area contributed by atoms with Crippen molar-refractivity contribution in [1.82, 2.24) is 4.90 Å². The topological polar surface area (TPSA) is 3.24 Å². The molecule has 0 saturated carbocycles. The minimum Gasteiger partial charge on any atom is -0.309 e. The molecule has 0 aromatic carbocycles. The van der Waals surface area contributed by atoms with Crippen LogP contribution in [0.1, 0.15) is 46.0 Å². The molecule has 1 nitrogen and oxygen atoms in total. The van der Waals surface area contributed by atoms with Crippen LogP contribution in [0.25, 0.3) is 0 Å². The van der Waals surface area contributed by atoms with E-state index in [0.29, 0.717) is 0 Å². The molecule has 1 heteroatoms. The molecule has 0 unspecified atom stereocenters. The normalized spacial score (nSPS) is 9.50. The van der Waals surface area contributed by atoms with E-state index >= 15 is 0 Å². The van der Waals surface area contributed by atoms with Gasteiger partial charge in [0.15, 0.2) is 0 Å². The Morgan fingerprint density at radius 2 is 1.50 bits per heavy atom. The molecule has 0 bridgehead atoms. The summed E-state index contributed by atoms with van der Waals surface area (Å²) in [5.41, 5.74) is 0. The lowest BCUT2D eigenvalue weighted by atomic mass is 10.2. The van der Waals surface area contributed by atoms with Crippen LogP contribution in [0.15, 0.2) is 0 Å². The first-order valence-electron chi connectivity index (χ1n) is 5.12. The Labute approximate surface area is 79.2 Å². The smallest absolute Gasteiger partial charge is 0.00248 e. The van der Waals surface area contributed by atoms with Crippen molar-refractivity contribution >= 4 is 0 Å². The van der Waals surface area contributed by atoms with Crippen LogP contribution in [-0.4, -0.2) is 25.5 Å². The Morgan fingerprint density at radius 1 is 1.00 bits per heavy atom. The zero-order chi connectivity index (χ0) is 9.82. The first kappa shape index (κ1) is 14.5. The summed E-state index contributed by atoms with van der Waals surface area (Å²) in [5, 5.41) is 0. The molecule has 0 atom stereocenters. The van der Waals surface area contributed by atoms with Gasteiger partial charge in [-0.1, -0.05) is 46.5 Å². The van der Waals surface area contributed by atoms with Crippen molar-refractivity contribution in [3.8, 4) is 0 Å². The molecule has 0 N–H and O–H groups in total. The molecular formula is C11H26N. The van der Waals surface area contributed by atoms with Crippen LogP contribution >= 0.6 is 0 Å². The van der Waals surface area contributed by atoms with Crippen molar-refractivity contribution < 1.29 is 0 Å². The van der Waals surface area contributed by atoms with E-state index in [2.05, 4.69) is 32.8 Å². The highest BCUT2D eigenvalue weighted by Gasteiger charge is 1.88. The van der Waals surface area contributed by atoms with E-state index < -0.39 is 0 Å². The number of hydrogen-bond donors (Lipinski definition) is 0. The largest absolute Gasteiger partial charge is 0.309 e. The summed E-state index contributed by atoms with van der Waals surface area (Å²) in [6, 6.07) is 0. The molecule has 12 heavy (non-hydrogen) atoms. The van der Waals surface area contributed by atoms with Gasteiger partial charge < -0.3 is 4.90 Å². The minimum atomic E-state index is 1.00. The molecule has 0 spiro atoms. The monoisotopic (exact) mass is 172 g/mol. The van der Waals surface area contributed by atoms with Crippen LogP contribution in [0.4, 0.5) is 0 Å². The fourth-order valence-corrected chi connectivity index (χ4v) is 0.855. The van der Waals surface area contributed by atoms with Crippen LogP contribution in [0.2, 0.25) is 0 Å². The first-order chi connectivity index (χ1) is 5.68. The quantitative estimate of drug-likeness (QED) is 0.575. The van der Waals surface area contributed by atoms with Gasteiger partial charge in [-0.2, -0.15) is 0 Å². The summed E-state index contributed by atoms with van der Waals surface area (Å²) in [7, 11) is 4.26. The van der Waals surface area contributed by atoms with Gasteiger partial charge in [-0.05, 0) is 27.1 Å². The Kier molecular flexibility index (Phi) is 16.3. The molecular weight excluding hydrogens is 146 g/mol. The minimum absolute atomic E-state index is 1.00. The summed E-state index contributed by atoms with van der Waals surface area (Å²) in [6.07, 6.45) is 6.50. The zero-order valence-corrected chi connectivity index (χ0v) is 9.40. The maximum Gasteiger partial charge on any atom is -0.00248 e. The van der Waals surface area contributed by atoms with E-state index in [0.717, 1.165) is 6.42 Å². The van der Waals surface area contributed by atoms with Crippen molar-refractivity contribution in [2.75, 3.05) is 20.6 Å². The average molecular weight is 172 g/mol. The second kappa shape index (κ2) is 13.5. The van der Waals surface area contributed by atoms with Crippen molar-refractivity contribution in [1.29, 1.82) is 0 Å². The number of unbranched alkanes of at least 4 members (excludes halogenated alkanes) is 3. The van der Waals surface area contributed by atoms with Gasteiger partial charge in [0.25, 0.3) is 0 Å². The van der Waals surface area contributed by atoms with E-state index in [1.165, 1.54) is 32.2 Å². The highest BCUT2D eigenvalue weighted by Crippen LogP contribution is 1.98. The summed E-state index contributed by atoms with van der Waals surface area (Å²) in [5.74, 6) is 0. The third-order valence-corrected chi connectivity index (χ3v) is 1.46. The van der Waals surface area contributed by atoms with E-state index in [9.17, 15) is 0 Å². The van der Waals surface area contributed by atoms with Crippen LogP contribution in [0.5, 0.6) is 0 Å². The molecule has 0 amide bonds. The molecule has 0 aliphatic rings. The Morgan fingerprint density at radius 3 is 1.83 bits per heavy atom. The molecule has 0 fully saturated rings. The average Bonchev–Trinajstić information content (AvgIpc) is 1.99. The van der Waals surface area contributed by atoms with Crippen LogP contribution < -0.4 is 0 Å². The van der Waals surface area contributed by atoms with Crippen LogP contribution in [0, 0.1) is 6.92 Å². The zero-order valence-electron chi connectivity index (χ0n) is 9.40. The van der Waals surface area contributed by atoms with Gasteiger partial charge >= 0.3 is 0 Å². The SMILES string of the molecule is CCCCCCN(C)C.[CH2]CC. The van der Waals surface area contributed by atoms with Crippen molar-refractivity contribution in [3.05, 3.63) is 6.92 Å². The van der Waals surface area contributed by atoms with Gasteiger partial charge in [0.1, 0.15) is 0 Å². The second-order valence-corrected chi connectivity index (χ2v) is 3.36. The van der Waals surface area contributed by atoms with E-state index in [4.69, 9.17) is 0 Å². The molecule has 75 valence electrons. The van der Waals surface area contributed by atoms with Crippen molar-refractivity contribution in [2.45, 2.75) is 46.0 Å². The third kappa shape index (κ3) is 22.5. The summed E-state index contributed by atoms with van der Waals surface area (Å²) < 4.78 is 0. The standard InChI is InChI=1S/C8H19N.C3H7/c1-4-5-6-7-8-9(2)3;1-3-2/h4-8H2,1-3H3;1,3H2,2H3. The fraction of sp³-hybridized carbons (Fsp3) is 0.909. The van der Waals surface area contributed by atoms with Crippen molar-refractivity contribution in [2.24, 2.45) is 0 Å². The van der Waals surface area contributed by atoms with Gasteiger partial charge in [-0.25, -0.2) is 0 Å². The lowest BCUT2D eigenvalue weighted by molar-refractivity contribution is 0.391. The lowest BCUT2D eigenvalue weighted by Crippen LogP contribution is -2.12. The van der Waals surface area contributed by atoms with Crippen LogP contribution in [-0.2, 0) is 0 Å². The highest BCUT2D eigenvalue weighted by molar-refractivity contribution is 4.44. The van der Waals surface area contributed by atoms with Gasteiger partial charge in [0, 0.05) is 0 Å². The summed E-state index contributed by atoms with van der Waals surface area (Å²) in [6.45, 7) is 9.00. The van der Waals surface area contributed by atoms with Gasteiger partial charge in [-0.3, -0.25) is 0 Å². The fourth-order valence-electron chi connectivity index (χ4n) is 0.855. The van der Waals surface area contributed by atoms with Crippen molar-refractivity contribution in [3.63, 3.8) is 0 Å². The Hall–Kier alpha value is -0.0400. The number of hydrogen-bond acceptors (Lipinski definition) is 1.